The predicted molar refractivity (Wildman–Crippen MR) is 176 cm³/mol. The van der Waals surface area contributed by atoms with E-state index in [0.29, 0.717) is 41.2 Å². The second kappa shape index (κ2) is 14.2. The van der Waals surface area contributed by atoms with Crippen LogP contribution in [0.15, 0.2) is 55.4 Å². The highest BCUT2D eigenvalue weighted by molar-refractivity contribution is 6.02. The standard InChI is InChI=1S/C34H41F2N7O4/c1-5-33(44)40-26-15-27(30(45-4)16-29(26)41-12-9-23(10-13-41)42-18-21(2)47-22(3)19-42)39-31-17-32(38-20-37-31)43-28(11-14-46-43)34-24(35)7-6-8-25(34)36/h5-8,15-17,20-23,28H,1,9-14,18-19H2,2-4H3,(H,40,44)(H,37,38,39)/t21-,22+,28?. The number of ether oxygens (including phenoxy) is 2. The maximum absolute atomic E-state index is 14.7. The fourth-order valence-electron chi connectivity index (χ4n) is 6.83. The van der Waals surface area contributed by atoms with E-state index < -0.39 is 17.7 Å². The lowest BCUT2D eigenvalue weighted by Crippen LogP contribution is -2.53. The van der Waals surface area contributed by atoms with Crippen LogP contribution in [0.25, 0.3) is 0 Å². The van der Waals surface area contributed by atoms with Crippen molar-refractivity contribution in [2.24, 2.45) is 0 Å². The lowest BCUT2D eigenvalue weighted by Gasteiger charge is -2.44. The summed E-state index contributed by atoms with van der Waals surface area (Å²) in [5.74, 6) is -0.373. The van der Waals surface area contributed by atoms with Gasteiger partial charge in [-0.25, -0.2) is 23.8 Å². The van der Waals surface area contributed by atoms with Gasteiger partial charge >= 0.3 is 0 Å². The highest BCUT2D eigenvalue weighted by Crippen LogP contribution is 2.41. The third-order valence-electron chi connectivity index (χ3n) is 8.91. The monoisotopic (exact) mass is 649 g/mol. The Bertz CT molecular complexity index is 1570. The number of carbonyl (C=O) groups is 1. The molecule has 0 spiro atoms. The second-order valence-electron chi connectivity index (χ2n) is 12.2. The summed E-state index contributed by atoms with van der Waals surface area (Å²) in [6, 6.07) is 8.90. The molecule has 2 aromatic carbocycles. The summed E-state index contributed by atoms with van der Waals surface area (Å²) in [5.41, 5.74) is 1.91. The Morgan fingerprint density at radius 2 is 1.77 bits per heavy atom. The topological polar surface area (TPSA) is 104 Å². The minimum atomic E-state index is -0.701. The number of hydrogen-bond donors (Lipinski definition) is 2. The number of amides is 1. The number of morpholine rings is 1. The van der Waals surface area contributed by atoms with Gasteiger partial charge in [-0.15, -0.1) is 0 Å². The number of nitrogens with zero attached hydrogens (tertiary/aromatic N) is 5. The van der Waals surface area contributed by atoms with Crippen LogP contribution in [0.3, 0.4) is 0 Å². The first-order chi connectivity index (χ1) is 22.7. The second-order valence-corrected chi connectivity index (χ2v) is 12.2. The molecule has 3 saturated heterocycles. The van der Waals surface area contributed by atoms with Crippen LogP contribution >= 0.6 is 0 Å². The highest BCUT2D eigenvalue weighted by atomic mass is 19.1. The maximum atomic E-state index is 14.7. The Hall–Kier alpha value is -4.33. The fourth-order valence-corrected chi connectivity index (χ4v) is 6.83. The van der Waals surface area contributed by atoms with E-state index in [0.717, 1.165) is 44.7 Å². The molecule has 3 aromatic rings. The van der Waals surface area contributed by atoms with Crippen molar-refractivity contribution in [1.82, 2.24) is 14.9 Å². The van der Waals surface area contributed by atoms with Crippen LogP contribution in [0, 0.1) is 11.6 Å². The van der Waals surface area contributed by atoms with Gasteiger partial charge in [-0.2, -0.15) is 0 Å². The summed E-state index contributed by atoms with van der Waals surface area (Å²) in [7, 11) is 1.58. The Morgan fingerprint density at radius 3 is 2.45 bits per heavy atom. The van der Waals surface area contributed by atoms with E-state index in [2.05, 4.69) is 50.8 Å². The number of hydroxylamine groups is 1. The number of methoxy groups -OCH3 is 1. The summed E-state index contributed by atoms with van der Waals surface area (Å²) in [6.45, 7) is 11.6. The number of hydrogen-bond acceptors (Lipinski definition) is 10. The number of carbonyl (C=O) groups excluding carboxylic acids is 1. The van der Waals surface area contributed by atoms with Gasteiger partial charge in [-0.3, -0.25) is 14.5 Å². The van der Waals surface area contributed by atoms with E-state index in [4.69, 9.17) is 14.3 Å². The summed E-state index contributed by atoms with van der Waals surface area (Å²) in [5, 5.41) is 7.63. The molecule has 3 fully saturated rings. The number of piperidine rings is 1. The fraction of sp³-hybridized carbons (Fsp3) is 0.441. The molecule has 3 aliphatic heterocycles. The molecule has 4 heterocycles. The van der Waals surface area contributed by atoms with Crippen LogP contribution in [-0.2, 0) is 14.4 Å². The van der Waals surface area contributed by atoms with Crippen molar-refractivity contribution >= 4 is 34.6 Å². The minimum Gasteiger partial charge on any atom is -0.494 e. The Labute approximate surface area is 273 Å². The van der Waals surface area contributed by atoms with Gasteiger partial charge < -0.3 is 25.0 Å². The van der Waals surface area contributed by atoms with Gasteiger partial charge in [0.25, 0.3) is 0 Å². The zero-order valence-electron chi connectivity index (χ0n) is 26.9. The molecule has 3 aliphatic rings. The molecule has 47 heavy (non-hydrogen) atoms. The molecule has 1 aromatic heterocycles. The van der Waals surface area contributed by atoms with Gasteiger partial charge in [0.1, 0.15) is 29.5 Å². The van der Waals surface area contributed by atoms with E-state index in [1.807, 2.05) is 6.07 Å². The molecule has 0 saturated carbocycles. The molecule has 250 valence electrons. The van der Waals surface area contributed by atoms with Crippen LogP contribution in [0.2, 0.25) is 0 Å². The zero-order valence-corrected chi connectivity index (χ0v) is 26.9. The first-order valence-electron chi connectivity index (χ1n) is 16.0. The van der Waals surface area contributed by atoms with Gasteiger partial charge in [0.05, 0.1) is 49.0 Å². The highest BCUT2D eigenvalue weighted by Gasteiger charge is 2.34. The number of rotatable bonds is 9. The number of nitrogens with one attached hydrogen (secondary N) is 2. The van der Waals surface area contributed by atoms with Gasteiger partial charge in [-0.05, 0) is 51.0 Å². The van der Waals surface area contributed by atoms with Crippen molar-refractivity contribution < 1.29 is 27.9 Å². The minimum absolute atomic E-state index is 0.0731. The first-order valence-corrected chi connectivity index (χ1v) is 16.0. The molecule has 0 radical (unpaired) electrons. The Balaban J connectivity index is 1.24. The van der Waals surface area contributed by atoms with Gasteiger partial charge in [0, 0.05) is 56.3 Å². The van der Waals surface area contributed by atoms with Crippen LogP contribution in [0.1, 0.15) is 44.7 Å². The van der Waals surface area contributed by atoms with Crippen LogP contribution < -0.4 is 25.3 Å². The van der Waals surface area contributed by atoms with E-state index in [9.17, 15) is 13.6 Å². The molecule has 2 N–H and O–H groups in total. The average Bonchev–Trinajstić information content (AvgIpc) is 3.54. The van der Waals surface area contributed by atoms with E-state index in [1.165, 1.54) is 35.7 Å². The maximum Gasteiger partial charge on any atom is 0.247 e. The normalized spacial score (nSPS) is 22.3. The molecule has 3 atom stereocenters. The van der Waals surface area contributed by atoms with Crippen molar-refractivity contribution in [1.29, 1.82) is 0 Å². The molecular formula is C34H41F2N7O4. The smallest absolute Gasteiger partial charge is 0.247 e. The van der Waals surface area contributed by atoms with Crippen LogP contribution in [0.5, 0.6) is 5.75 Å². The van der Waals surface area contributed by atoms with Crippen molar-refractivity contribution in [2.75, 3.05) is 60.5 Å². The van der Waals surface area contributed by atoms with Crippen molar-refractivity contribution in [3.05, 3.63) is 72.6 Å². The lowest BCUT2D eigenvalue weighted by atomic mass is 10.00. The SMILES string of the molecule is C=CC(=O)Nc1cc(Nc2cc(N3OCCC3c3c(F)cccc3F)ncn2)c(OC)cc1N1CCC(N2C[C@@H](C)O[C@@H](C)C2)CC1. The third kappa shape index (κ3) is 7.16. The molecule has 1 amide bonds. The Morgan fingerprint density at radius 1 is 1.04 bits per heavy atom. The number of aromatic nitrogens is 2. The molecular weight excluding hydrogens is 608 g/mol. The number of benzene rings is 2. The quantitative estimate of drug-likeness (QED) is 0.285. The summed E-state index contributed by atoms with van der Waals surface area (Å²) < 4.78 is 41.1. The average molecular weight is 650 g/mol. The third-order valence-corrected chi connectivity index (χ3v) is 8.91. The van der Waals surface area contributed by atoms with Crippen LogP contribution in [-0.4, -0.2) is 78.9 Å². The first kappa shape index (κ1) is 32.6. The Kier molecular flexibility index (Phi) is 9.85. The molecule has 6 rings (SSSR count). The zero-order chi connectivity index (χ0) is 33.1. The van der Waals surface area contributed by atoms with E-state index >= 15 is 0 Å². The van der Waals surface area contributed by atoms with Gasteiger partial charge in [0.2, 0.25) is 5.91 Å². The summed E-state index contributed by atoms with van der Waals surface area (Å²) in [4.78, 5) is 31.8. The summed E-state index contributed by atoms with van der Waals surface area (Å²) >= 11 is 0. The number of anilines is 5. The molecule has 1 unspecified atom stereocenters. The lowest BCUT2D eigenvalue weighted by molar-refractivity contribution is -0.111. The van der Waals surface area contributed by atoms with Crippen molar-refractivity contribution in [2.45, 2.75) is 57.4 Å². The molecule has 13 heteroatoms. The molecule has 0 aliphatic carbocycles. The predicted octanol–water partition coefficient (Wildman–Crippen LogP) is 5.59. The largest absolute Gasteiger partial charge is 0.494 e. The van der Waals surface area contributed by atoms with Gasteiger partial charge in [0.15, 0.2) is 5.82 Å². The summed E-state index contributed by atoms with van der Waals surface area (Å²) in [6.07, 6.45) is 5.35. The van der Waals surface area contributed by atoms with Gasteiger partial charge in [-0.1, -0.05) is 12.6 Å². The van der Waals surface area contributed by atoms with E-state index in [1.54, 1.807) is 19.2 Å². The molecule has 0 bridgehead atoms. The van der Waals surface area contributed by atoms with Crippen LogP contribution in [0.4, 0.5) is 37.5 Å². The molecule has 11 nitrogen and oxygen atoms in total. The van der Waals surface area contributed by atoms with Crippen molar-refractivity contribution in [3.63, 3.8) is 0 Å². The van der Waals surface area contributed by atoms with E-state index in [-0.39, 0.29) is 30.3 Å². The van der Waals surface area contributed by atoms with Crippen molar-refractivity contribution in [3.8, 4) is 5.75 Å². The number of halogens is 2.